The number of nitrogens with one attached hydrogen (secondary N) is 1. The maximum absolute atomic E-state index is 11.9. The average Bonchev–Trinajstić information content (AvgIpc) is 3.25. The highest BCUT2D eigenvalue weighted by Crippen LogP contribution is 2.12. The third-order valence-corrected chi connectivity index (χ3v) is 3.71. The number of anilines is 1. The fourth-order valence-corrected chi connectivity index (χ4v) is 2.53. The van der Waals surface area contributed by atoms with Crippen LogP contribution in [0.15, 0.2) is 36.7 Å². The van der Waals surface area contributed by atoms with Crippen molar-refractivity contribution in [2.75, 3.05) is 5.32 Å². The van der Waals surface area contributed by atoms with Gasteiger partial charge < -0.3 is 0 Å². The van der Waals surface area contributed by atoms with E-state index in [1.807, 2.05) is 24.3 Å². The van der Waals surface area contributed by atoms with Gasteiger partial charge in [0.25, 0.3) is 0 Å². The van der Waals surface area contributed by atoms with Gasteiger partial charge in [-0.15, -0.1) is 5.10 Å². The van der Waals surface area contributed by atoms with E-state index < -0.39 is 0 Å². The fraction of sp³-hybridized carbons (Fsp3) is 0.133. The molecular formula is C15H13N7O2S. The number of amides is 1. The van der Waals surface area contributed by atoms with Gasteiger partial charge in [-0.2, -0.15) is 4.37 Å². The van der Waals surface area contributed by atoms with Crippen LogP contribution in [0.3, 0.4) is 0 Å². The van der Waals surface area contributed by atoms with Crippen molar-refractivity contribution in [3.63, 3.8) is 0 Å². The predicted octanol–water partition coefficient (Wildman–Crippen LogP) is 1.30. The zero-order chi connectivity index (χ0) is 17.6. The van der Waals surface area contributed by atoms with Gasteiger partial charge in [-0.1, -0.05) is 12.1 Å². The summed E-state index contributed by atoms with van der Waals surface area (Å²) in [6.45, 7) is 1.46. The molecule has 0 bridgehead atoms. The van der Waals surface area contributed by atoms with Crippen LogP contribution in [0.25, 0.3) is 11.8 Å². The topological polar surface area (TPSA) is 116 Å². The van der Waals surface area contributed by atoms with Gasteiger partial charge in [-0.05, 0) is 41.1 Å². The SMILES string of the molecule is CC(=O)Cc1nsc(NC(=O)/C=C/c2ccc(-n3cnnn3)cc2)n1. The van der Waals surface area contributed by atoms with Crippen molar-refractivity contribution in [3.05, 3.63) is 48.1 Å². The summed E-state index contributed by atoms with van der Waals surface area (Å²) in [5, 5.41) is 13.9. The summed E-state index contributed by atoms with van der Waals surface area (Å²) in [6, 6.07) is 7.37. The Labute approximate surface area is 146 Å². The van der Waals surface area contributed by atoms with Crippen molar-refractivity contribution in [3.8, 4) is 5.69 Å². The van der Waals surface area contributed by atoms with Crippen LogP contribution < -0.4 is 5.32 Å². The lowest BCUT2D eigenvalue weighted by atomic mass is 10.2. The lowest BCUT2D eigenvalue weighted by Gasteiger charge is -1.99. The van der Waals surface area contributed by atoms with Crippen LogP contribution in [0.5, 0.6) is 0 Å². The van der Waals surface area contributed by atoms with E-state index in [4.69, 9.17) is 0 Å². The molecule has 10 heteroatoms. The van der Waals surface area contributed by atoms with Gasteiger partial charge in [0.1, 0.15) is 12.1 Å². The molecule has 1 amide bonds. The summed E-state index contributed by atoms with van der Waals surface area (Å²) in [7, 11) is 0. The molecule has 0 aliphatic rings. The number of nitrogens with zero attached hydrogens (tertiary/aromatic N) is 6. The van der Waals surface area contributed by atoms with Crippen LogP contribution in [-0.2, 0) is 16.0 Å². The van der Waals surface area contributed by atoms with Crippen LogP contribution >= 0.6 is 11.5 Å². The van der Waals surface area contributed by atoms with Gasteiger partial charge in [-0.3, -0.25) is 14.9 Å². The standard InChI is InChI=1S/C15H13N7O2S/c1-10(23)8-13-17-15(25-19-13)18-14(24)7-4-11-2-5-12(6-3-11)22-9-16-20-21-22/h2-7,9H,8H2,1H3,(H,17,18,19,24)/b7-4+. The van der Waals surface area contributed by atoms with Gasteiger partial charge in [0.15, 0.2) is 5.82 Å². The van der Waals surface area contributed by atoms with Crippen molar-refractivity contribution >= 4 is 34.4 Å². The summed E-state index contributed by atoms with van der Waals surface area (Å²) in [5.74, 6) is 0.0609. The molecule has 0 aliphatic carbocycles. The molecule has 9 nitrogen and oxygen atoms in total. The minimum absolute atomic E-state index is 0.0271. The van der Waals surface area contributed by atoms with Crippen LogP contribution in [-0.4, -0.2) is 41.3 Å². The van der Waals surface area contributed by atoms with E-state index in [0.29, 0.717) is 11.0 Å². The van der Waals surface area contributed by atoms with Gasteiger partial charge in [0.2, 0.25) is 11.0 Å². The highest BCUT2D eigenvalue weighted by Gasteiger charge is 2.07. The van der Waals surface area contributed by atoms with Crippen molar-refractivity contribution in [1.29, 1.82) is 0 Å². The van der Waals surface area contributed by atoms with Crippen LogP contribution in [0, 0.1) is 0 Å². The van der Waals surface area contributed by atoms with Crippen LogP contribution in [0.2, 0.25) is 0 Å². The van der Waals surface area contributed by atoms with Crippen LogP contribution in [0.1, 0.15) is 18.3 Å². The molecular weight excluding hydrogens is 342 g/mol. The molecule has 2 aromatic heterocycles. The number of benzene rings is 1. The molecule has 3 rings (SSSR count). The first-order valence-electron chi connectivity index (χ1n) is 7.24. The summed E-state index contributed by atoms with van der Waals surface area (Å²) in [5.41, 5.74) is 1.67. The molecule has 0 unspecified atom stereocenters. The Kier molecular flexibility index (Phi) is 5.00. The van der Waals surface area contributed by atoms with Gasteiger partial charge in [-0.25, -0.2) is 9.67 Å². The molecule has 3 aromatic rings. The maximum Gasteiger partial charge on any atom is 0.250 e. The third kappa shape index (κ3) is 4.61. The lowest BCUT2D eigenvalue weighted by Crippen LogP contribution is -2.07. The normalized spacial score (nSPS) is 10.9. The van der Waals surface area contributed by atoms with Crippen molar-refractivity contribution < 1.29 is 9.59 Å². The minimum Gasteiger partial charge on any atom is -0.300 e. The molecule has 0 fully saturated rings. The largest absolute Gasteiger partial charge is 0.300 e. The monoisotopic (exact) mass is 355 g/mol. The smallest absolute Gasteiger partial charge is 0.250 e. The first-order chi connectivity index (χ1) is 12.1. The van der Waals surface area contributed by atoms with Gasteiger partial charge in [0, 0.05) is 17.6 Å². The summed E-state index contributed by atoms with van der Waals surface area (Å²) in [4.78, 5) is 27.0. The number of carbonyl (C=O) groups excluding carboxylic acids is 2. The number of aromatic nitrogens is 6. The molecule has 25 heavy (non-hydrogen) atoms. The molecule has 1 N–H and O–H groups in total. The maximum atomic E-state index is 11.9. The zero-order valence-corrected chi connectivity index (χ0v) is 14.0. The number of ketones is 1. The van der Waals surface area contributed by atoms with E-state index in [1.54, 1.807) is 6.08 Å². The molecule has 1 aromatic carbocycles. The number of hydrogen-bond acceptors (Lipinski definition) is 8. The Bertz CT molecular complexity index is 900. The van der Waals surface area contributed by atoms with Crippen LogP contribution in [0.4, 0.5) is 5.13 Å². The van der Waals surface area contributed by atoms with Crippen molar-refractivity contribution in [2.45, 2.75) is 13.3 Å². The highest BCUT2D eigenvalue weighted by molar-refractivity contribution is 7.09. The Morgan fingerprint density at radius 2 is 2.08 bits per heavy atom. The minimum atomic E-state index is -0.324. The molecule has 126 valence electrons. The zero-order valence-electron chi connectivity index (χ0n) is 13.2. The first-order valence-corrected chi connectivity index (χ1v) is 8.02. The highest BCUT2D eigenvalue weighted by atomic mass is 32.1. The van der Waals surface area contributed by atoms with Crippen molar-refractivity contribution in [1.82, 2.24) is 29.6 Å². The molecule has 0 atom stereocenters. The third-order valence-electron chi connectivity index (χ3n) is 3.04. The molecule has 0 saturated heterocycles. The number of tetrazole rings is 1. The second kappa shape index (κ2) is 7.53. The second-order valence-electron chi connectivity index (χ2n) is 5.06. The Morgan fingerprint density at radius 1 is 1.28 bits per heavy atom. The fourth-order valence-electron chi connectivity index (χ4n) is 1.94. The Balaban J connectivity index is 1.58. The number of rotatable bonds is 6. The Hall–Kier alpha value is -3.27. The molecule has 0 saturated carbocycles. The molecule has 0 aliphatic heterocycles. The van der Waals surface area contributed by atoms with E-state index in [-0.39, 0.29) is 18.1 Å². The summed E-state index contributed by atoms with van der Waals surface area (Å²) < 4.78 is 5.55. The number of Topliss-reactive ketones (excluding diaryl/α,β-unsaturated/α-hetero) is 1. The summed E-state index contributed by atoms with van der Waals surface area (Å²) in [6.07, 6.45) is 4.74. The van der Waals surface area contributed by atoms with E-state index in [2.05, 4.69) is 30.2 Å². The molecule has 0 radical (unpaired) electrons. The van der Waals surface area contributed by atoms with E-state index in [1.165, 1.54) is 24.0 Å². The Morgan fingerprint density at radius 3 is 2.76 bits per heavy atom. The van der Waals surface area contributed by atoms with Crippen molar-refractivity contribution in [2.24, 2.45) is 0 Å². The van der Waals surface area contributed by atoms with E-state index in [9.17, 15) is 9.59 Å². The van der Waals surface area contributed by atoms with E-state index in [0.717, 1.165) is 22.8 Å². The van der Waals surface area contributed by atoms with Gasteiger partial charge >= 0.3 is 0 Å². The lowest BCUT2D eigenvalue weighted by molar-refractivity contribution is -0.116. The average molecular weight is 355 g/mol. The predicted molar refractivity (Wildman–Crippen MR) is 91.1 cm³/mol. The van der Waals surface area contributed by atoms with E-state index >= 15 is 0 Å². The number of hydrogen-bond donors (Lipinski definition) is 1. The number of carbonyl (C=O) groups is 2. The van der Waals surface area contributed by atoms with Gasteiger partial charge in [0.05, 0.1) is 12.1 Å². The first kappa shape index (κ1) is 16.6. The summed E-state index contributed by atoms with van der Waals surface area (Å²) >= 11 is 1.04. The molecule has 0 spiro atoms. The molecule has 2 heterocycles. The quantitative estimate of drug-likeness (QED) is 0.662. The second-order valence-corrected chi connectivity index (χ2v) is 5.81.